The van der Waals surface area contributed by atoms with Gasteiger partial charge < -0.3 is 60.7 Å². The van der Waals surface area contributed by atoms with Gasteiger partial charge in [-0.1, -0.05) is 133 Å². The predicted molar refractivity (Wildman–Crippen MR) is 366 cm³/mol. The highest BCUT2D eigenvalue weighted by Crippen LogP contribution is 2.67. The Morgan fingerprint density at radius 2 is 1.67 bits per heavy atom. The Hall–Kier alpha value is -6.01. The van der Waals surface area contributed by atoms with Crippen LogP contribution in [0.5, 0.6) is 28.7 Å². The average Bonchev–Trinajstić information content (AvgIpc) is 1.61. The zero-order valence-corrected chi connectivity index (χ0v) is 55.7. The van der Waals surface area contributed by atoms with E-state index in [0.717, 1.165) is 146 Å². The van der Waals surface area contributed by atoms with Gasteiger partial charge in [-0.2, -0.15) is 0 Å². The molecule has 11 bridgehead atoms. The first-order chi connectivity index (χ1) is 45.4. The van der Waals surface area contributed by atoms with E-state index in [4.69, 9.17) is 29.4 Å². The van der Waals surface area contributed by atoms with Crippen molar-refractivity contribution >= 4 is 33.6 Å². The minimum atomic E-state index is -0.856. The van der Waals surface area contributed by atoms with E-state index in [2.05, 4.69) is 100 Å². The van der Waals surface area contributed by atoms with Crippen LogP contribution in [0, 0.1) is 59.2 Å². The molecule has 16 rings (SSSR count). The molecule has 0 amide bonds. The Labute approximate surface area is 556 Å². The number of aliphatic hydroxyl groups is 1. The molecule has 15 heteroatoms. The van der Waals surface area contributed by atoms with Crippen LogP contribution in [0.1, 0.15) is 178 Å². The summed E-state index contributed by atoms with van der Waals surface area (Å²) in [6, 6.07) is 18.1. The molecule has 4 aromatic rings. The smallest absolute Gasteiger partial charge is 0.302 e. The maximum Gasteiger partial charge on any atom is 0.302 e. The van der Waals surface area contributed by atoms with Gasteiger partial charge in [-0.25, -0.2) is 0 Å². The number of phenols is 2. The molecule has 93 heavy (non-hydrogen) atoms. The molecule has 0 aromatic heterocycles. The Balaban J connectivity index is 1.05. The summed E-state index contributed by atoms with van der Waals surface area (Å²) in [6.07, 6.45) is 24.4. The number of methoxy groups -OCH3 is 2. The van der Waals surface area contributed by atoms with E-state index in [-0.39, 0.29) is 78.4 Å². The van der Waals surface area contributed by atoms with Crippen LogP contribution in [0.25, 0.3) is 17.2 Å². The molecule has 5 fully saturated rings. The standard InChI is InChI=1S/C78H90N4O9S2/c1-44(84)89-41-60-54-17-18-56-67-48(32-53(85)34-64(67)88-3)36-76-30-25-47(35-76)70-55-20-24-66(79)82-62(55)22-16-46-15-21-61(77(26-7-8-27-77)50-12-10-13-51(33-50)78(70)28-5-4-6-29-78)59(40-87-2)49(39-83)37-80-38-58-68(46)69(73(60)91-74(54)71(56)76)57-19-23-63-65(90-75(57)72(58)86)43-93-92-42-45-11-9-14-52(31-45)81-63/h10,12-13,17-20,23-24,32-34,45-47,49,52,59-61,63,65-66,70,73,80-83,85-86H,4-9,11,14,25-31,35-43,79H2,1-3H3/t45-,46+,47+,49-,52+,59-,60+,61+,63+,65+,66?,70-,73+,76-/m1/s1. The van der Waals surface area contributed by atoms with Crippen molar-refractivity contribution in [2.24, 2.45) is 41.2 Å². The van der Waals surface area contributed by atoms with Crippen LogP contribution in [0.3, 0.4) is 0 Å². The molecule has 1 saturated heterocycles. The Morgan fingerprint density at radius 3 is 2.48 bits per heavy atom. The molecule has 12 aliphatic rings. The number of nitrogens with one attached hydrogen (secondary N) is 3. The van der Waals surface area contributed by atoms with Gasteiger partial charge in [0.2, 0.25) is 0 Å². The molecule has 13 nitrogen and oxygen atoms in total. The number of rotatable bonds is 6. The molecule has 8 N–H and O–H groups in total. The molecule has 14 atom stereocenters. The molecule has 3 spiro atoms. The van der Waals surface area contributed by atoms with Gasteiger partial charge in [0.25, 0.3) is 0 Å². The summed E-state index contributed by atoms with van der Waals surface area (Å²) >= 11 is 0. The quantitative estimate of drug-likeness (QED) is 0.0549. The largest absolute Gasteiger partial charge is 0.508 e. The van der Waals surface area contributed by atoms with Gasteiger partial charge in [-0.3, -0.25) is 4.79 Å². The van der Waals surface area contributed by atoms with Gasteiger partial charge in [-0.15, -0.1) is 0 Å². The summed E-state index contributed by atoms with van der Waals surface area (Å²) in [5.41, 5.74) is 18.5. The van der Waals surface area contributed by atoms with E-state index in [1.807, 2.05) is 27.7 Å². The number of dihydropyridines is 1. The van der Waals surface area contributed by atoms with E-state index in [1.165, 1.54) is 36.5 Å². The van der Waals surface area contributed by atoms with E-state index >= 15 is 0 Å². The number of aliphatic hydroxyl groups excluding tert-OH is 1. The number of aromatic hydroxyl groups is 2. The van der Waals surface area contributed by atoms with E-state index in [1.54, 1.807) is 20.3 Å². The van der Waals surface area contributed by atoms with Gasteiger partial charge >= 0.3 is 5.97 Å². The topological polar surface area (TPSA) is 186 Å². The zero-order chi connectivity index (χ0) is 63.3. The number of nitrogens with two attached hydrogens (primary N) is 1. The minimum Gasteiger partial charge on any atom is -0.508 e. The second-order valence-corrected chi connectivity index (χ2v) is 32.1. The molecular weight excluding hydrogens is 1200 g/mol. The fraction of sp³-hybridized carbons (Fsp3) is 0.551. The number of fused-ring (bicyclic) bond motifs is 18. The number of hydrogen-bond donors (Lipinski definition) is 7. The van der Waals surface area contributed by atoms with Crippen LogP contribution >= 0.6 is 21.6 Å². The van der Waals surface area contributed by atoms with Gasteiger partial charge in [0.15, 0.2) is 11.5 Å². The van der Waals surface area contributed by atoms with Crippen LogP contribution in [0.4, 0.5) is 0 Å². The number of hydrogen-bond acceptors (Lipinski definition) is 15. The summed E-state index contributed by atoms with van der Waals surface area (Å²) in [5, 5.41) is 49.3. The normalized spacial score (nSPS) is 32.9. The predicted octanol–water partition coefficient (Wildman–Crippen LogP) is 12.6. The highest BCUT2D eigenvalue weighted by Gasteiger charge is 2.58. The van der Waals surface area contributed by atoms with Crippen LogP contribution in [-0.2, 0) is 43.5 Å². The maximum atomic E-state index is 13.9. The third-order valence-corrected chi connectivity index (χ3v) is 27.2. The van der Waals surface area contributed by atoms with Gasteiger partial charge in [0.1, 0.15) is 42.0 Å². The molecule has 488 valence electrons. The lowest BCUT2D eigenvalue weighted by Gasteiger charge is -2.50. The summed E-state index contributed by atoms with van der Waals surface area (Å²) in [5.74, 6) is 18.1. The van der Waals surface area contributed by atoms with Crippen molar-refractivity contribution in [2.45, 2.75) is 181 Å². The first-order valence-corrected chi connectivity index (χ1v) is 37.4. The third-order valence-electron chi connectivity index (χ3n) is 24.6. The van der Waals surface area contributed by atoms with Crippen molar-refractivity contribution in [2.75, 3.05) is 52.1 Å². The molecule has 6 aliphatic carbocycles. The summed E-state index contributed by atoms with van der Waals surface area (Å²) in [7, 11) is 7.25. The lowest BCUT2D eigenvalue weighted by atomic mass is 9.54. The van der Waals surface area contributed by atoms with Crippen molar-refractivity contribution < 1.29 is 43.8 Å². The van der Waals surface area contributed by atoms with E-state index in [9.17, 15) is 20.1 Å². The molecular formula is C78H90N4O9S2. The minimum absolute atomic E-state index is 0.0157. The number of phenolic OH excluding ortho intramolecular Hbond substituents is 2. The second-order valence-electron chi connectivity index (χ2n) is 29.6. The van der Waals surface area contributed by atoms with E-state index < -0.39 is 40.9 Å². The number of ether oxygens (including phenoxy) is 5. The molecule has 4 saturated carbocycles. The second kappa shape index (κ2) is 24.9. The highest BCUT2D eigenvalue weighted by molar-refractivity contribution is 8.76. The summed E-state index contributed by atoms with van der Waals surface area (Å²) in [6.45, 7) is 2.40. The zero-order valence-electron chi connectivity index (χ0n) is 54.1. The summed E-state index contributed by atoms with van der Waals surface area (Å²) in [4.78, 5) is 13.5. The van der Waals surface area contributed by atoms with Crippen molar-refractivity contribution in [1.29, 1.82) is 0 Å². The number of allylic oxidation sites excluding steroid dienone is 3. The number of esters is 1. The fourth-order valence-electron chi connectivity index (χ4n) is 20.7. The molecule has 6 heterocycles. The Kier molecular flexibility index (Phi) is 16.5. The first-order valence-electron chi connectivity index (χ1n) is 34.9. The van der Waals surface area contributed by atoms with Crippen molar-refractivity contribution in [3.63, 3.8) is 0 Å². The SMILES string of the molecule is COC[C@@H]1[C@@H](CO)CNCc2c(O)c3c(c4c2[C@@H]2C#CC5=C(C=CC(N)N5)[C@@H]([C@H]5CC[C@]6(Cc7cc(O)cc(OC)c7-c7ccc8c(c76)O[C@H]4[C@H]8COC(C)=O)C5)C4(CCCCC4)c4cccc(c4)C4(CCCC4)[C@H]1C#C2)C=C[C@@H]1N[C@H]2CCC[C@@H](CSSC[C@@H]1O3)C2. The average molecular weight is 1290 g/mol. The van der Waals surface area contributed by atoms with Crippen molar-refractivity contribution in [3.05, 3.63) is 128 Å². The molecule has 0 radical (unpaired) electrons. The maximum absolute atomic E-state index is 13.9. The van der Waals surface area contributed by atoms with Crippen LogP contribution in [0.2, 0.25) is 0 Å². The number of carbonyl (C=O) groups is 1. The Morgan fingerprint density at radius 1 is 0.849 bits per heavy atom. The molecule has 6 aliphatic heterocycles. The van der Waals surface area contributed by atoms with Gasteiger partial charge in [0, 0.05) is 125 Å². The van der Waals surface area contributed by atoms with Gasteiger partial charge in [-0.05, 0) is 140 Å². The fourth-order valence-corrected chi connectivity index (χ4v) is 23.3. The number of benzene rings is 4. The van der Waals surface area contributed by atoms with Crippen molar-refractivity contribution in [3.8, 4) is 63.6 Å². The van der Waals surface area contributed by atoms with Crippen LogP contribution < -0.4 is 35.9 Å². The van der Waals surface area contributed by atoms with Crippen molar-refractivity contribution in [1.82, 2.24) is 16.0 Å². The lowest BCUT2D eigenvalue weighted by molar-refractivity contribution is -0.141. The van der Waals surface area contributed by atoms with Crippen LogP contribution in [0.15, 0.2) is 78.0 Å². The molecule has 1 unspecified atom stereocenters. The Bertz CT molecular complexity index is 3860. The van der Waals surface area contributed by atoms with E-state index in [0.29, 0.717) is 59.9 Å². The third kappa shape index (κ3) is 10.4. The lowest BCUT2D eigenvalue weighted by Crippen LogP contribution is -2.49. The van der Waals surface area contributed by atoms with Crippen LogP contribution in [-0.4, -0.2) is 97.7 Å². The van der Waals surface area contributed by atoms with Gasteiger partial charge in [0.05, 0.1) is 37.5 Å². The summed E-state index contributed by atoms with van der Waals surface area (Å²) < 4.78 is 34.8. The number of carbonyl (C=O) groups excluding carboxylic acids is 1. The monoisotopic (exact) mass is 1290 g/mol. The first kappa shape index (κ1) is 61.8. The molecule has 4 aromatic carbocycles. The highest BCUT2D eigenvalue weighted by atomic mass is 33.1.